The second-order valence-corrected chi connectivity index (χ2v) is 7.67. The minimum absolute atomic E-state index is 0.0518. The van der Waals surface area contributed by atoms with Crippen molar-refractivity contribution in [3.63, 3.8) is 0 Å². The van der Waals surface area contributed by atoms with Crippen molar-refractivity contribution < 1.29 is 18.4 Å². The molecule has 5 nitrogen and oxygen atoms in total. The van der Waals surface area contributed by atoms with Gasteiger partial charge >= 0.3 is 0 Å². The summed E-state index contributed by atoms with van der Waals surface area (Å²) in [5, 5.41) is 3.78. The van der Waals surface area contributed by atoms with E-state index in [9.17, 15) is 18.4 Å². The molecule has 0 bridgehead atoms. The van der Waals surface area contributed by atoms with Crippen molar-refractivity contribution in [2.45, 2.75) is 25.3 Å². The number of nitrogens with one attached hydrogen (secondary N) is 2. The summed E-state index contributed by atoms with van der Waals surface area (Å²) in [5.41, 5.74) is 4.94. The Morgan fingerprint density at radius 2 is 1.83 bits per heavy atom. The molecule has 0 unspecified atom stereocenters. The van der Waals surface area contributed by atoms with E-state index in [1.54, 1.807) is 12.1 Å². The number of fused-ring (bicyclic) bond motifs is 2. The zero-order valence-electron chi connectivity index (χ0n) is 15.6. The van der Waals surface area contributed by atoms with Crippen molar-refractivity contribution in [2.24, 2.45) is 0 Å². The molecular formula is C22H19F2N3O2. The third-order valence-corrected chi connectivity index (χ3v) is 5.81. The summed E-state index contributed by atoms with van der Waals surface area (Å²) in [4.78, 5) is 29.2. The number of hydrogen-bond donors (Lipinski definition) is 2. The van der Waals surface area contributed by atoms with Gasteiger partial charge in [0.15, 0.2) is 0 Å². The molecule has 29 heavy (non-hydrogen) atoms. The van der Waals surface area contributed by atoms with Gasteiger partial charge in [0.05, 0.1) is 0 Å². The van der Waals surface area contributed by atoms with E-state index >= 15 is 0 Å². The van der Waals surface area contributed by atoms with Crippen molar-refractivity contribution in [1.82, 2.24) is 15.2 Å². The first-order chi connectivity index (χ1) is 13.9. The van der Waals surface area contributed by atoms with Gasteiger partial charge in [-0.2, -0.15) is 0 Å². The monoisotopic (exact) mass is 395 g/mol. The summed E-state index contributed by atoms with van der Waals surface area (Å²) in [7, 11) is 0. The Morgan fingerprint density at radius 1 is 1.03 bits per heavy atom. The number of halogens is 2. The average Bonchev–Trinajstić information content (AvgIpc) is 3.30. The van der Waals surface area contributed by atoms with Crippen LogP contribution in [0.25, 0.3) is 22.0 Å². The van der Waals surface area contributed by atoms with Gasteiger partial charge in [-0.1, -0.05) is 12.1 Å². The Morgan fingerprint density at radius 3 is 2.62 bits per heavy atom. The van der Waals surface area contributed by atoms with Crippen molar-refractivity contribution in [3.05, 3.63) is 59.3 Å². The maximum Gasteiger partial charge on any atom is 0.253 e. The van der Waals surface area contributed by atoms with Gasteiger partial charge in [0.1, 0.15) is 0 Å². The second kappa shape index (κ2) is 6.40. The van der Waals surface area contributed by atoms with Crippen molar-refractivity contribution >= 4 is 22.7 Å². The number of aromatic nitrogens is 1. The molecule has 1 aromatic heterocycles. The van der Waals surface area contributed by atoms with Gasteiger partial charge in [0.2, 0.25) is 0 Å². The fourth-order valence-electron chi connectivity index (χ4n) is 4.12. The quantitative estimate of drug-likeness (QED) is 0.690. The van der Waals surface area contributed by atoms with Gasteiger partial charge in [-0.25, -0.2) is 8.78 Å². The SMILES string of the molecule is O=C1NCc2cc(-c3c[nH]c4cc(C(=O)N5CCC(F)(F)CC5)ccc34)ccc21. The Labute approximate surface area is 165 Å². The first kappa shape index (κ1) is 17.8. The first-order valence-corrected chi connectivity index (χ1v) is 9.61. The molecular weight excluding hydrogens is 376 g/mol. The van der Waals surface area contributed by atoms with E-state index in [4.69, 9.17) is 0 Å². The number of rotatable bonds is 2. The maximum atomic E-state index is 13.4. The van der Waals surface area contributed by atoms with Gasteiger partial charge in [-0.05, 0) is 35.4 Å². The molecule has 5 rings (SSSR count). The number of nitrogens with zero attached hydrogens (tertiary/aromatic N) is 1. The molecule has 0 radical (unpaired) electrons. The molecule has 148 valence electrons. The Balaban J connectivity index is 1.43. The van der Waals surface area contributed by atoms with Crippen LogP contribution < -0.4 is 5.32 Å². The van der Waals surface area contributed by atoms with Gasteiger partial charge in [0.25, 0.3) is 17.7 Å². The lowest BCUT2D eigenvalue weighted by Crippen LogP contribution is -2.42. The first-order valence-electron chi connectivity index (χ1n) is 9.61. The molecule has 1 fully saturated rings. The van der Waals surface area contributed by atoms with Crippen LogP contribution in [-0.4, -0.2) is 40.7 Å². The third-order valence-electron chi connectivity index (χ3n) is 5.81. The number of likely N-dealkylation sites (tertiary alicyclic amines) is 1. The Hall–Kier alpha value is -3.22. The van der Waals surface area contributed by atoms with Crippen LogP contribution in [0.3, 0.4) is 0 Å². The number of alkyl halides is 2. The van der Waals surface area contributed by atoms with Crippen LogP contribution in [0.15, 0.2) is 42.6 Å². The van der Waals surface area contributed by atoms with Crippen LogP contribution in [0.4, 0.5) is 8.78 Å². The lowest BCUT2D eigenvalue weighted by molar-refractivity contribution is -0.0494. The summed E-state index contributed by atoms with van der Waals surface area (Å²) in [6.07, 6.45) is 1.30. The van der Waals surface area contributed by atoms with E-state index in [0.29, 0.717) is 17.7 Å². The van der Waals surface area contributed by atoms with Crippen LogP contribution in [0.5, 0.6) is 0 Å². The van der Waals surface area contributed by atoms with Crippen LogP contribution in [0.1, 0.15) is 39.1 Å². The summed E-state index contributed by atoms with van der Waals surface area (Å²) in [6.45, 7) is 0.668. The summed E-state index contributed by atoms with van der Waals surface area (Å²) in [6, 6.07) is 11.1. The molecule has 3 aromatic rings. The molecule has 2 N–H and O–H groups in total. The molecule has 2 aliphatic rings. The van der Waals surface area contributed by atoms with Crippen LogP contribution in [0.2, 0.25) is 0 Å². The number of carbonyl (C=O) groups is 2. The number of amides is 2. The Bertz CT molecular complexity index is 1140. The summed E-state index contributed by atoms with van der Waals surface area (Å²) in [5.74, 6) is -2.95. The molecule has 0 atom stereocenters. The lowest BCUT2D eigenvalue weighted by atomic mass is 9.99. The average molecular weight is 395 g/mol. The number of piperidine rings is 1. The topological polar surface area (TPSA) is 65.2 Å². The Kier molecular flexibility index (Phi) is 3.94. The van der Waals surface area contributed by atoms with E-state index < -0.39 is 5.92 Å². The van der Waals surface area contributed by atoms with Gasteiger partial charge in [-0.15, -0.1) is 0 Å². The van der Waals surface area contributed by atoms with E-state index in [2.05, 4.69) is 10.3 Å². The zero-order valence-corrected chi connectivity index (χ0v) is 15.6. The molecule has 0 aliphatic carbocycles. The molecule has 3 heterocycles. The normalized spacial score (nSPS) is 18.0. The highest BCUT2D eigenvalue weighted by atomic mass is 19.3. The largest absolute Gasteiger partial charge is 0.361 e. The lowest BCUT2D eigenvalue weighted by Gasteiger charge is -2.31. The molecule has 7 heteroatoms. The number of carbonyl (C=O) groups excluding carboxylic acids is 2. The highest BCUT2D eigenvalue weighted by molar-refractivity contribution is 6.03. The number of benzene rings is 2. The summed E-state index contributed by atoms with van der Waals surface area (Å²) < 4.78 is 26.7. The molecule has 0 saturated carbocycles. The van der Waals surface area contributed by atoms with E-state index in [0.717, 1.165) is 27.6 Å². The molecule has 2 aromatic carbocycles. The highest BCUT2D eigenvalue weighted by Gasteiger charge is 2.35. The smallest absolute Gasteiger partial charge is 0.253 e. The number of aromatic amines is 1. The van der Waals surface area contributed by atoms with Crippen molar-refractivity contribution in [3.8, 4) is 11.1 Å². The standard InChI is InChI=1S/C22H19F2N3O2/c23-22(24)5-7-27(8-6-22)21(29)14-2-4-17-18(12-25-19(17)10-14)13-1-3-16-15(9-13)11-26-20(16)28/h1-4,9-10,12,25H,5-8,11H2,(H,26,28). The highest BCUT2D eigenvalue weighted by Crippen LogP contribution is 2.32. The minimum Gasteiger partial charge on any atom is -0.361 e. The van der Waals surface area contributed by atoms with E-state index in [-0.39, 0.29) is 37.7 Å². The maximum absolute atomic E-state index is 13.4. The number of H-pyrrole nitrogens is 1. The van der Waals surface area contributed by atoms with Crippen LogP contribution >= 0.6 is 0 Å². The van der Waals surface area contributed by atoms with Crippen molar-refractivity contribution in [1.29, 1.82) is 0 Å². The van der Waals surface area contributed by atoms with Crippen molar-refractivity contribution in [2.75, 3.05) is 13.1 Å². The summed E-state index contributed by atoms with van der Waals surface area (Å²) >= 11 is 0. The predicted octanol–water partition coefficient (Wildman–Crippen LogP) is 3.95. The second-order valence-electron chi connectivity index (χ2n) is 7.67. The fourth-order valence-corrected chi connectivity index (χ4v) is 4.12. The third kappa shape index (κ3) is 3.06. The molecule has 2 aliphatic heterocycles. The van der Waals surface area contributed by atoms with E-state index in [1.807, 2.05) is 30.5 Å². The van der Waals surface area contributed by atoms with Gasteiger partial charge in [-0.3, -0.25) is 9.59 Å². The van der Waals surface area contributed by atoms with Gasteiger partial charge in [0, 0.05) is 66.3 Å². The minimum atomic E-state index is -2.68. The van der Waals surface area contributed by atoms with E-state index in [1.165, 1.54) is 4.90 Å². The molecule has 0 spiro atoms. The molecule has 2 amide bonds. The van der Waals surface area contributed by atoms with Crippen LogP contribution in [0, 0.1) is 0 Å². The zero-order chi connectivity index (χ0) is 20.2. The predicted molar refractivity (Wildman–Crippen MR) is 105 cm³/mol. The molecule has 1 saturated heterocycles. The number of hydrogen-bond acceptors (Lipinski definition) is 2. The van der Waals surface area contributed by atoms with Gasteiger partial charge < -0.3 is 15.2 Å². The van der Waals surface area contributed by atoms with Crippen LogP contribution in [-0.2, 0) is 6.54 Å². The fraction of sp³-hybridized carbons (Fsp3) is 0.273.